The Morgan fingerprint density at radius 1 is 0.969 bits per heavy atom. The van der Waals surface area contributed by atoms with Gasteiger partial charge < -0.3 is 18.1 Å². The van der Waals surface area contributed by atoms with Gasteiger partial charge in [-0.05, 0) is 75.8 Å². The van der Waals surface area contributed by atoms with E-state index in [2.05, 4.69) is 72.5 Å². The summed E-state index contributed by atoms with van der Waals surface area (Å²) in [5, 5.41) is 0.220. The molecule has 5 nitrogen and oxygen atoms in total. The van der Waals surface area contributed by atoms with Crippen LogP contribution in [0.5, 0.6) is 0 Å². The topological polar surface area (TPSA) is 62.8 Å². The van der Waals surface area contributed by atoms with E-state index < -0.39 is 28.0 Å². The monoisotopic (exact) mass is 507 g/mol. The molecule has 1 N–H and O–H groups in total. The van der Waals surface area contributed by atoms with E-state index >= 15 is 0 Å². The average molecular weight is 508 g/mol. The van der Waals surface area contributed by atoms with Gasteiger partial charge in [0.2, 0.25) is 0 Å². The quantitative estimate of drug-likeness (QED) is 0.280. The minimum Gasteiger partial charge on any atom is -0.598 e. The molecule has 0 bridgehead atoms. The number of hydrogen-bond acceptors (Lipinski definition) is 5. The summed E-state index contributed by atoms with van der Waals surface area (Å²) in [5.74, 6) is 0.461. The van der Waals surface area contributed by atoms with E-state index in [4.69, 9.17) is 13.6 Å². The molecule has 192 valence electrons. The van der Waals surface area contributed by atoms with E-state index in [1.54, 1.807) is 0 Å². The molecule has 0 aromatic carbocycles. The summed E-state index contributed by atoms with van der Waals surface area (Å²) in [6.07, 6.45) is 1.80. The van der Waals surface area contributed by atoms with Crippen molar-refractivity contribution in [3.05, 3.63) is 0 Å². The Bertz CT molecular complexity index is 576. The lowest BCUT2D eigenvalue weighted by Gasteiger charge is -2.44. The highest BCUT2D eigenvalue weighted by atomic mass is 32.2. The Morgan fingerprint density at radius 2 is 1.50 bits per heavy atom. The van der Waals surface area contributed by atoms with Crippen molar-refractivity contribution in [1.82, 2.24) is 4.72 Å². The van der Waals surface area contributed by atoms with Gasteiger partial charge in [0.05, 0.1) is 18.8 Å². The van der Waals surface area contributed by atoms with E-state index in [9.17, 15) is 4.55 Å². The summed E-state index contributed by atoms with van der Waals surface area (Å²) in [6, 6.07) is -0.0411. The van der Waals surface area contributed by atoms with E-state index in [1.807, 2.05) is 20.8 Å². The lowest BCUT2D eigenvalue weighted by Crippen LogP contribution is -2.57. The van der Waals surface area contributed by atoms with Crippen LogP contribution in [0.25, 0.3) is 0 Å². The molecule has 1 aliphatic rings. The minimum atomic E-state index is -2.06. The Kier molecular flexibility index (Phi) is 10.6. The second-order valence-electron chi connectivity index (χ2n) is 13.6. The van der Waals surface area contributed by atoms with Crippen LogP contribution in [0.2, 0.25) is 36.3 Å². The standard InChI is InChI=1S/C24H53NO4SSi2/c1-22(2,3)30(26)25-20(16-19-14-15-27-17-19)21(29-32(12,13)24(7,8)9)18-28-31(10,11)23(4,5)6/h19-21,25H,14-18H2,1-13H3/t19-,20+,21-,30?/m1/s1. The summed E-state index contributed by atoms with van der Waals surface area (Å²) in [7, 11) is -4.01. The molecule has 1 unspecified atom stereocenters. The van der Waals surface area contributed by atoms with Crippen molar-refractivity contribution in [1.29, 1.82) is 0 Å². The van der Waals surface area contributed by atoms with Crippen molar-refractivity contribution >= 4 is 28.0 Å². The van der Waals surface area contributed by atoms with Crippen LogP contribution in [0.1, 0.15) is 75.2 Å². The second-order valence-corrected chi connectivity index (χ2v) is 25.1. The second kappa shape index (κ2) is 11.1. The predicted octanol–water partition coefficient (Wildman–Crippen LogP) is 6.25. The zero-order valence-electron chi connectivity index (χ0n) is 23.3. The van der Waals surface area contributed by atoms with Gasteiger partial charge in [-0.15, -0.1) is 4.72 Å². The van der Waals surface area contributed by atoms with Crippen LogP contribution in [0.3, 0.4) is 0 Å². The van der Waals surface area contributed by atoms with Gasteiger partial charge in [-0.1, -0.05) is 41.5 Å². The van der Waals surface area contributed by atoms with Gasteiger partial charge in [0.25, 0.3) is 0 Å². The maximum atomic E-state index is 13.2. The Balaban J connectivity index is 3.24. The molecule has 8 heteroatoms. The SMILES string of the molecule is CC(C)(C)[S+]([O-])N[C@@H](C[C@H]1CCOC1)[C@@H](CO[Si](C)(C)C(C)(C)C)O[Si](C)(C)C(C)(C)C. The average Bonchev–Trinajstić information content (AvgIpc) is 3.08. The van der Waals surface area contributed by atoms with E-state index in [0.717, 1.165) is 26.1 Å². The molecule has 0 radical (unpaired) electrons. The molecule has 0 aromatic rings. The molecule has 0 aromatic heterocycles. The van der Waals surface area contributed by atoms with Gasteiger partial charge in [-0.2, -0.15) is 0 Å². The summed E-state index contributed by atoms with van der Waals surface area (Å²) in [6.45, 7) is 30.9. The smallest absolute Gasteiger partial charge is 0.192 e. The first-order valence-electron chi connectivity index (χ1n) is 12.2. The summed E-state index contributed by atoms with van der Waals surface area (Å²) >= 11 is -1.18. The maximum Gasteiger partial charge on any atom is 0.192 e. The number of hydrogen-bond donors (Lipinski definition) is 1. The highest BCUT2D eigenvalue weighted by Gasteiger charge is 2.45. The first-order valence-corrected chi connectivity index (χ1v) is 19.2. The summed E-state index contributed by atoms with van der Waals surface area (Å²) < 4.78 is 35.7. The van der Waals surface area contributed by atoms with Crippen LogP contribution < -0.4 is 4.72 Å². The van der Waals surface area contributed by atoms with Crippen molar-refractivity contribution in [3.8, 4) is 0 Å². The van der Waals surface area contributed by atoms with Crippen molar-refractivity contribution in [2.24, 2.45) is 5.92 Å². The van der Waals surface area contributed by atoms with E-state index in [-0.39, 0.29) is 27.0 Å². The molecule has 0 aliphatic carbocycles. The summed E-state index contributed by atoms with van der Waals surface area (Å²) in [5.41, 5.74) is 0. The molecular formula is C24H53NO4SSi2. The summed E-state index contributed by atoms with van der Waals surface area (Å²) in [4.78, 5) is 0. The van der Waals surface area contributed by atoms with Gasteiger partial charge in [0.15, 0.2) is 16.6 Å². The van der Waals surface area contributed by atoms with Gasteiger partial charge in [-0.3, -0.25) is 0 Å². The molecule has 1 aliphatic heterocycles. The molecule has 1 rings (SSSR count). The van der Waals surface area contributed by atoms with E-state index in [0.29, 0.717) is 12.5 Å². The third kappa shape index (κ3) is 8.98. The third-order valence-electron chi connectivity index (χ3n) is 7.54. The van der Waals surface area contributed by atoms with Crippen molar-refractivity contribution in [2.45, 2.75) is 128 Å². The molecule has 0 spiro atoms. The van der Waals surface area contributed by atoms with Crippen molar-refractivity contribution in [2.75, 3.05) is 19.8 Å². The van der Waals surface area contributed by atoms with Crippen LogP contribution in [0, 0.1) is 5.92 Å². The van der Waals surface area contributed by atoms with E-state index in [1.165, 1.54) is 0 Å². The normalized spacial score (nSPS) is 22.1. The lowest BCUT2D eigenvalue weighted by molar-refractivity contribution is 0.0726. The van der Waals surface area contributed by atoms with Crippen LogP contribution in [0.4, 0.5) is 0 Å². The first kappa shape index (κ1) is 30.6. The van der Waals surface area contributed by atoms with Crippen LogP contribution in [-0.4, -0.2) is 57.9 Å². The highest BCUT2D eigenvalue weighted by Crippen LogP contribution is 2.40. The fraction of sp³-hybridized carbons (Fsp3) is 1.00. The maximum absolute atomic E-state index is 13.2. The van der Waals surface area contributed by atoms with Gasteiger partial charge in [0.1, 0.15) is 4.75 Å². The zero-order valence-corrected chi connectivity index (χ0v) is 26.1. The molecule has 1 fully saturated rings. The van der Waals surface area contributed by atoms with Gasteiger partial charge >= 0.3 is 0 Å². The molecular weight excluding hydrogens is 455 g/mol. The minimum absolute atomic E-state index is 0.0411. The Morgan fingerprint density at radius 3 is 1.91 bits per heavy atom. The van der Waals surface area contributed by atoms with Crippen molar-refractivity contribution in [3.63, 3.8) is 0 Å². The lowest BCUT2D eigenvalue weighted by atomic mass is 9.97. The third-order valence-corrected chi connectivity index (χ3v) is 18.2. The molecule has 1 heterocycles. The number of ether oxygens (including phenoxy) is 1. The predicted molar refractivity (Wildman–Crippen MR) is 144 cm³/mol. The Hall–Kier alpha value is 0.584. The van der Waals surface area contributed by atoms with Crippen LogP contribution in [0.15, 0.2) is 0 Å². The molecule has 0 saturated carbocycles. The molecule has 32 heavy (non-hydrogen) atoms. The molecule has 4 atom stereocenters. The molecule has 1 saturated heterocycles. The largest absolute Gasteiger partial charge is 0.598 e. The first-order chi connectivity index (χ1) is 14.2. The number of rotatable bonds is 10. The molecule has 0 amide bonds. The fourth-order valence-corrected chi connectivity index (χ4v) is 6.25. The zero-order chi connectivity index (χ0) is 25.2. The van der Waals surface area contributed by atoms with Gasteiger partial charge in [0, 0.05) is 24.6 Å². The highest BCUT2D eigenvalue weighted by molar-refractivity contribution is 7.90. The Labute approximate surface area is 204 Å². The fourth-order valence-electron chi connectivity index (χ4n) is 3.01. The van der Waals surface area contributed by atoms with Crippen molar-refractivity contribution < 1.29 is 18.1 Å². The van der Waals surface area contributed by atoms with Gasteiger partial charge in [-0.25, -0.2) is 0 Å². The number of nitrogens with one attached hydrogen (secondary N) is 1. The van der Waals surface area contributed by atoms with Crippen LogP contribution in [-0.2, 0) is 25.0 Å². The van der Waals surface area contributed by atoms with Crippen LogP contribution >= 0.6 is 0 Å².